The Labute approximate surface area is 183 Å². The van der Waals surface area contributed by atoms with E-state index in [-0.39, 0.29) is 0 Å². The number of para-hydroxylation sites is 1. The molecule has 0 saturated heterocycles. The van der Waals surface area contributed by atoms with Crippen LogP contribution in [-0.2, 0) is 7.05 Å². The highest BCUT2D eigenvalue weighted by atomic mass is 35.5. The van der Waals surface area contributed by atoms with E-state index in [1.54, 1.807) is 18.4 Å². The zero-order valence-corrected chi connectivity index (χ0v) is 18.4. The Balaban J connectivity index is 1.65. The van der Waals surface area contributed by atoms with Gasteiger partial charge < -0.3 is 14.6 Å². The number of benzene rings is 3. The highest BCUT2D eigenvalue weighted by molar-refractivity contribution is 7.22. The molecular formula is C24H20ClN3OS. The average molecular weight is 434 g/mol. The van der Waals surface area contributed by atoms with E-state index in [1.807, 2.05) is 32.2 Å². The van der Waals surface area contributed by atoms with Gasteiger partial charge in [0.25, 0.3) is 0 Å². The molecule has 5 rings (SSSR count). The van der Waals surface area contributed by atoms with E-state index in [0.29, 0.717) is 10.8 Å². The highest BCUT2D eigenvalue weighted by Crippen LogP contribution is 2.39. The van der Waals surface area contributed by atoms with Crippen molar-refractivity contribution in [2.75, 3.05) is 12.4 Å². The predicted octanol–water partition coefficient (Wildman–Crippen LogP) is 7.17. The lowest BCUT2D eigenvalue weighted by molar-refractivity contribution is 0.416. The van der Waals surface area contributed by atoms with Gasteiger partial charge in [0, 0.05) is 33.3 Å². The number of rotatable bonds is 4. The Kier molecular flexibility index (Phi) is 4.65. The van der Waals surface area contributed by atoms with Crippen molar-refractivity contribution < 1.29 is 4.74 Å². The molecule has 2 heterocycles. The summed E-state index contributed by atoms with van der Waals surface area (Å²) in [4.78, 5) is 6.09. The number of aromatic nitrogens is 2. The zero-order valence-electron chi connectivity index (χ0n) is 16.9. The van der Waals surface area contributed by atoms with Crippen molar-refractivity contribution in [2.45, 2.75) is 6.92 Å². The van der Waals surface area contributed by atoms with Gasteiger partial charge in [-0.05, 0) is 42.1 Å². The summed E-state index contributed by atoms with van der Waals surface area (Å²) in [6.45, 7) is 2.00. The van der Waals surface area contributed by atoms with Crippen LogP contribution >= 0.6 is 22.9 Å². The van der Waals surface area contributed by atoms with E-state index < -0.39 is 0 Å². The van der Waals surface area contributed by atoms with Crippen LogP contribution < -0.4 is 10.1 Å². The third-order valence-electron chi connectivity index (χ3n) is 5.31. The minimum Gasteiger partial charge on any atom is -0.495 e. The Bertz CT molecular complexity index is 1370. The SMILES string of the molecule is COc1cc(Cl)cc(C)c1Nc1nc2cccc(-c3cc4ccccc4s3)c2n1C. The second kappa shape index (κ2) is 7.35. The summed E-state index contributed by atoms with van der Waals surface area (Å²) >= 11 is 8.00. The van der Waals surface area contributed by atoms with E-state index in [4.69, 9.17) is 21.3 Å². The second-order valence-electron chi connectivity index (χ2n) is 7.24. The van der Waals surface area contributed by atoms with Gasteiger partial charge in [-0.2, -0.15) is 0 Å². The molecule has 1 N–H and O–H groups in total. The van der Waals surface area contributed by atoms with Crippen LogP contribution in [0.15, 0.2) is 60.7 Å². The summed E-state index contributed by atoms with van der Waals surface area (Å²) in [6.07, 6.45) is 0. The molecule has 0 aliphatic carbocycles. The van der Waals surface area contributed by atoms with E-state index in [1.165, 1.54) is 20.5 Å². The number of anilines is 2. The molecule has 0 amide bonds. The normalized spacial score (nSPS) is 11.3. The van der Waals surface area contributed by atoms with Crippen molar-refractivity contribution in [2.24, 2.45) is 7.05 Å². The van der Waals surface area contributed by atoms with Gasteiger partial charge in [0.05, 0.1) is 23.8 Å². The maximum atomic E-state index is 6.19. The van der Waals surface area contributed by atoms with Crippen molar-refractivity contribution in [3.8, 4) is 16.2 Å². The lowest BCUT2D eigenvalue weighted by atomic mass is 10.1. The zero-order chi connectivity index (χ0) is 20.8. The summed E-state index contributed by atoms with van der Waals surface area (Å²) in [6, 6.07) is 20.7. The molecule has 5 aromatic rings. The number of methoxy groups -OCH3 is 1. The number of thiophene rings is 1. The van der Waals surface area contributed by atoms with Crippen LogP contribution in [0.5, 0.6) is 5.75 Å². The van der Waals surface area contributed by atoms with Gasteiger partial charge in [0.15, 0.2) is 0 Å². The van der Waals surface area contributed by atoms with Gasteiger partial charge in [0.1, 0.15) is 5.75 Å². The van der Waals surface area contributed by atoms with Gasteiger partial charge in [-0.3, -0.25) is 0 Å². The standard InChI is InChI=1S/C24H20ClN3OS/c1-14-11-16(25)13-19(29-3)22(14)27-24-26-18-9-6-8-17(23(18)28(24)2)21-12-15-7-4-5-10-20(15)30-21/h4-13H,1-3H3,(H,26,27). The van der Waals surface area contributed by atoms with Crippen LogP contribution in [-0.4, -0.2) is 16.7 Å². The summed E-state index contributed by atoms with van der Waals surface area (Å²) in [5, 5.41) is 5.36. The van der Waals surface area contributed by atoms with E-state index in [0.717, 1.165) is 28.2 Å². The molecule has 3 aromatic carbocycles. The van der Waals surface area contributed by atoms with Gasteiger partial charge in [-0.15, -0.1) is 11.3 Å². The summed E-state index contributed by atoms with van der Waals surface area (Å²) in [5.41, 5.74) is 5.08. The average Bonchev–Trinajstić information content (AvgIpc) is 3.31. The minimum atomic E-state index is 0.645. The largest absolute Gasteiger partial charge is 0.495 e. The van der Waals surface area contributed by atoms with Crippen molar-refractivity contribution >= 4 is 55.7 Å². The monoisotopic (exact) mass is 433 g/mol. The van der Waals surface area contributed by atoms with Gasteiger partial charge in [-0.1, -0.05) is 41.9 Å². The lowest BCUT2D eigenvalue weighted by Crippen LogP contribution is -2.03. The van der Waals surface area contributed by atoms with E-state index >= 15 is 0 Å². The predicted molar refractivity (Wildman–Crippen MR) is 128 cm³/mol. The molecule has 4 nitrogen and oxygen atoms in total. The molecule has 0 fully saturated rings. The maximum Gasteiger partial charge on any atom is 0.208 e. The fraction of sp³-hybridized carbons (Fsp3) is 0.125. The number of imidazole rings is 1. The molecule has 0 unspecified atom stereocenters. The topological polar surface area (TPSA) is 39.1 Å². The maximum absolute atomic E-state index is 6.19. The van der Waals surface area contributed by atoms with Crippen molar-refractivity contribution in [1.29, 1.82) is 0 Å². The van der Waals surface area contributed by atoms with Crippen LogP contribution in [0, 0.1) is 6.92 Å². The molecular weight excluding hydrogens is 414 g/mol. The fourth-order valence-electron chi connectivity index (χ4n) is 3.84. The number of hydrogen-bond donors (Lipinski definition) is 1. The second-order valence-corrected chi connectivity index (χ2v) is 8.76. The molecule has 2 aromatic heterocycles. The fourth-order valence-corrected chi connectivity index (χ4v) is 5.19. The van der Waals surface area contributed by atoms with E-state index in [9.17, 15) is 0 Å². The van der Waals surface area contributed by atoms with Crippen molar-refractivity contribution in [1.82, 2.24) is 9.55 Å². The number of ether oxygens (including phenoxy) is 1. The number of fused-ring (bicyclic) bond motifs is 2. The molecule has 0 aliphatic rings. The smallest absolute Gasteiger partial charge is 0.208 e. The van der Waals surface area contributed by atoms with Crippen molar-refractivity contribution in [3.05, 3.63) is 71.2 Å². The van der Waals surface area contributed by atoms with Crippen LogP contribution in [0.2, 0.25) is 5.02 Å². The first-order chi connectivity index (χ1) is 14.5. The highest BCUT2D eigenvalue weighted by Gasteiger charge is 2.17. The molecule has 0 atom stereocenters. The first-order valence-electron chi connectivity index (χ1n) is 9.60. The van der Waals surface area contributed by atoms with Gasteiger partial charge in [0.2, 0.25) is 5.95 Å². The van der Waals surface area contributed by atoms with Gasteiger partial charge >= 0.3 is 0 Å². The Morgan fingerprint density at radius 1 is 1.07 bits per heavy atom. The van der Waals surface area contributed by atoms with Gasteiger partial charge in [-0.25, -0.2) is 4.98 Å². The third-order valence-corrected chi connectivity index (χ3v) is 6.67. The van der Waals surface area contributed by atoms with Crippen LogP contribution in [0.25, 0.3) is 31.6 Å². The minimum absolute atomic E-state index is 0.645. The molecule has 0 bridgehead atoms. The van der Waals surface area contributed by atoms with Crippen LogP contribution in [0.3, 0.4) is 0 Å². The number of hydrogen-bond acceptors (Lipinski definition) is 4. The Morgan fingerprint density at radius 3 is 2.70 bits per heavy atom. The Morgan fingerprint density at radius 2 is 1.90 bits per heavy atom. The van der Waals surface area contributed by atoms with Crippen LogP contribution in [0.1, 0.15) is 5.56 Å². The number of nitrogens with one attached hydrogen (secondary N) is 1. The number of aryl methyl sites for hydroxylation is 2. The molecule has 0 radical (unpaired) electrons. The molecule has 6 heteroatoms. The molecule has 0 spiro atoms. The van der Waals surface area contributed by atoms with Crippen molar-refractivity contribution in [3.63, 3.8) is 0 Å². The number of nitrogens with zero attached hydrogens (tertiary/aromatic N) is 2. The molecule has 30 heavy (non-hydrogen) atoms. The summed E-state index contributed by atoms with van der Waals surface area (Å²) < 4.78 is 8.92. The summed E-state index contributed by atoms with van der Waals surface area (Å²) in [7, 11) is 3.68. The lowest BCUT2D eigenvalue weighted by Gasteiger charge is -2.14. The first kappa shape index (κ1) is 19.0. The van der Waals surface area contributed by atoms with Crippen LogP contribution in [0.4, 0.5) is 11.6 Å². The first-order valence-corrected chi connectivity index (χ1v) is 10.8. The molecule has 0 aliphatic heterocycles. The molecule has 150 valence electrons. The molecule has 0 saturated carbocycles. The van der Waals surface area contributed by atoms with E-state index in [2.05, 4.69) is 52.3 Å². The number of halogens is 1. The third kappa shape index (κ3) is 3.11. The quantitative estimate of drug-likeness (QED) is 0.326. The summed E-state index contributed by atoms with van der Waals surface area (Å²) in [5.74, 6) is 1.44. The Hall–Kier alpha value is -3.02.